The van der Waals surface area contributed by atoms with Crippen LogP contribution in [0.3, 0.4) is 0 Å². The Bertz CT molecular complexity index is 1300. The maximum Gasteiger partial charge on any atom is 0.240 e. The molecule has 0 aromatic heterocycles. The van der Waals surface area contributed by atoms with Crippen molar-refractivity contribution in [2.75, 3.05) is 46.4 Å². The van der Waals surface area contributed by atoms with Crippen LogP contribution < -0.4 is 9.46 Å². The lowest BCUT2D eigenvalue weighted by Gasteiger charge is -2.32. The Labute approximate surface area is 227 Å². The minimum Gasteiger partial charge on any atom is -0.492 e. The van der Waals surface area contributed by atoms with Crippen LogP contribution in [0.15, 0.2) is 65.6 Å². The van der Waals surface area contributed by atoms with Gasteiger partial charge in [0.25, 0.3) is 0 Å². The van der Waals surface area contributed by atoms with Crippen molar-refractivity contribution in [3.8, 4) is 16.9 Å². The summed E-state index contributed by atoms with van der Waals surface area (Å²) < 4.78 is 33.7. The number of nitrogens with zero attached hydrogens (tertiary/aromatic N) is 2. The molecule has 3 aromatic rings. The lowest BCUT2D eigenvalue weighted by Crippen LogP contribution is -2.43. The molecular weight excluding hydrogens is 541 g/mol. The monoisotopic (exact) mass is 567 g/mol. The quantitative estimate of drug-likeness (QED) is 0.349. The summed E-state index contributed by atoms with van der Waals surface area (Å²) in [5.74, 6) is 0.725. The average Bonchev–Trinajstić information content (AvgIpc) is 2.86. The first-order valence-electron chi connectivity index (χ1n) is 11.6. The van der Waals surface area contributed by atoms with Gasteiger partial charge in [0.05, 0.1) is 14.9 Å². The molecule has 0 aliphatic carbocycles. The summed E-state index contributed by atoms with van der Waals surface area (Å²) in [5.41, 5.74) is 3.00. The van der Waals surface area contributed by atoms with Crippen LogP contribution in [0.25, 0.3) is 11.1 Å². The number of ether oxygens (including phenoxy) is 1. The summed E-state index contributed by atoms with van der Waals surface area (Å²) in [5, 5.41) is 1.50. The van der Waals surface area contributed by atoms with Gasteiger partial charge in [-0.3, -0.25) is 4.90 Å². The van der Waals surface area contributed by atoms with Crippen LogP contribution in [0.1, 0.15) is 5.56 Å². The maximum absolute atomic E-state index is 12.5. The number of halogens is 3. The number of hydrogen-bond acceptors (Lipinski definition) is 5. The van der Waals surface area contributed by atoms with E-state index in [9.17, 15) is 8.42 Å². The summed E-state index contributed by atoms with van der Waals surface area (Å²) in [7, 11) is -1.52. The van der Waals surface area contributed by atoms with Crippen molar-refractivity contribution in [3.05, 3.63) is 81.3 Å². The second-order valence-corrected chi connectivity index (χ2v) is 11.7. The fourth-order valence-corrected chi connectivity index (χ4v) is 5.42. The number of rotatable bonds is 9. The topological polar surface area (TPSA) is 61.9 Å². The Kier molecular flexibility index (Phi) is 9.17. The van der Waals surface area contributed by atoms with Crippen molar-refractivity contribution in [3.63, 3.8) is 0 Å². The Balaban J connectivity index is 1.47. The number of hydrogen-bond donors (Lipinski definition) is 1. The van der Waals surface area contributed by atoms with E-state index in [1.54, 1.807) is 18.2 Å². The third kappa shape index (κ3) is 7.13. The minimum atomic E-state index is -3.64. The Morgan fingerprint density at radius 1 is 0.861 bits per heavy atom. The number of likely N-dealkylation sites (N-methyl/N-ethyl adjacent to an activating group) is 1. The number of benzene rings is 3. The zero-order valence-electron chi connectivity index (χ0n) is 19.9. The summed E-state index contributed by atoms with van der Waals surface area (Å²) in [6.45, 7) is 5.00. The molecule has 1 N–H and O–H groups in total. The molecule has 1 heterocycles. The van der Waals surface area contributed by atoms with Gasteiger partial charge < -0.3 is 9.64 Å². The van der Waals surface area contributed by atoms with Gasteiger partial charge in [0.15, 0.2) is 0 Å². The van der Waals surface area contributed by atoms with Gasteiger partial charge in [0, 0.05) is 49.9 Å². The zero-order valence-corrected chi connectivity index (χ0v) is 23.0. The molecular formula is C26H28Cl3N3O3S. The second kappa shape index (κ2) is 12.1. The third-order valence-corrected chi connectivity index (χ3v) is 8.55. The van der Waals surface area contributed by atoms with E-state index in [1.165, 1.54) is 12.1 Å². The molecule has 0 unspecified atom stereocenters. The van der Waals surface area contributed by atoms with Crippen LogP contribution in [0, 0.1) is 0 Å². The molecule has 3 aromatic carbocycles. The highest BCUT2D eigenvalue weighted by Gasteiger charge is 2.18. The third-order valence-electron chi connectivity index (χ3n) is 6.08. The molecule has 1 saturated heterocycles. The summed E-state index contributed by atoms with van der Waals surface area (Å²) in [6, 6.07) is 17.6. The second-order valence-electron chi connectivity index (χ2n) is 8.73. The van der Waals surface area contributed by atoms with Gasteiger partial charge in [-0.25, -0.2) is 13.1 Å². The molecule has 1 aliphatic rings. The fraction of sp³-hybridized carbons (Fsp3) is 0.308. The zero-order chi connectivity index (χ0) is 25.7. The predicted molar refractivity (Wildman–Crippen MR) is 147 cm³/mol. The van der Waals surface area contributed by atoms with E-state index in [0.29, 0.717) is 15.1 Å². The SMILES string of the molecule is CN1CCN(Cc2cc(-c3ccc(Cl)c(Cl)c3)ccc2OCCNS(=O)(=O)c2ccc(Cl)cc2)CC1. The lowest BCUT2D eigenvalue weighted by atomic mass is 10.0. The van der Waals surface area contributed by atoms with E-state index in [0.717, 1.165) is 55.2 Å². The first kappa shape index (κ1) is 27.2. The van der Waals surface area contributed by atoms with Crippen molar-refractivity contribution in [1.29, 1.82) is 0 Å². The number of sulfonamides is 1. The highest BCUT2D eigenvalue weighted by Crippen LogP contribution is 2.32. The Hall–Kier alpha value is -1.84. The first-order valence-corrected chi connectivity index (χ1v) is 14.2. The van der Waals surface area contributed by atoms with Crippen LogP contribution in [0.4, 0.5) is 0 Å². The average molecular weight is 569 g/mol. The Morgan fingerprint density at radius 2 is 1.53 bits per heavy atom. The molecule has 192 valence electrons. The Morgan fingerprint density at radius 3 is 2.22 bits per heavy atom. The minimum absolute atomic E-state index is 0.132. The van der Waals surface area contributed by atoms with Crippen molar-refractivity contribution >= 4 is 44.8 Å². The molecule has 6 nitrogen and oxygen atoms in total. The fourth-order valence-electron chi connectivity index (χ4n) is 3.98. The van der Waals surface area contributed by atoms with Gasteiger partial charge >= 0.3 is 0 Å². The molecule has 36 heavy (non-hydrogen) atoms. The highest BCUT2D eigenvalue weighted by atomic mass is 35.5. The first-order chi connectivity index (χ1) is 17.2. The molecule has 0 bridgehead atoms. The van der Waals surface area contributed by atoms with Crippen molar-refractivity contribution in [2.24, 2.45) is 0 Å². The van der Waals surface area contributed by atoms with E-state index >= 15 is 0 Å². The molecule has 10 heteroatoms. The van der Waals surface area contributed by atoms with Gasteiger partial charge in [0.2, 0.25) is 10.0 Å². The lowest BCUT2D eigenvalue weighted by molar-refractivity contribution is 0.146. The van der Waals surface area contributed by atoms with E-state index in [1.807, 2.05) is 24.3 Å². The maximum atomic E-state index is 12.5. The summed E-state index contributed by atoms with van der Waals surface area (Å²) >= 11 is 18.2. The van der Waals surface area contributed by atoms with Crippen LogP contribution in [-0.2, 0) is 16.6 Å². The van der Waals surface area contributed by atoms with E-state index < -0.39 is 10.0 Å². The predicted octanol–water partition coefficient (Wildman–Crippen LogP) is 5.42. The van der Waals surface area contributed by atoms with Gasteiger partial charge in [-0.1, -0.05) is 46.9 Å². The van der Waals surface area contributed by atoms with Crippen LogP contribution in [0.2, 0.25) is 15.1 Å². The molecule has 1 fully saturated rings. The largest absolute Gasteiger partial charge is 0.492 e. The van der Waals surface area contributed by atoms with Crippen molar-refractivity contribution in [1.82, 2.24) is 14.5 Å². The number of piperazine rings is 1. The van der Waals surface area contributed by atoms with Gasteiger partial charge in [-0.05, 0) is 66.7 Å². The molecule has 0 amide bonds. The molecule has 0 saturated carbocycles. The van der Waals surface area contributed by atoms with Gasteiger partial charge in [-0.15, -0.1) is 0 Å². The standard InChI is InChI=1S/C26H28Cl3N3O3S/c1-31-11-13-32(14-12-31)18-21-16-19(20-2-8-24(28)25(29)17-20)3-9-26(21)35-15-10-30-36(33,34)23-6-4-22(27)5-7-23/h2-9,16-17,30H,10-15,18H2,1H3. The van der Waals surface area contributed by atoms with E-state index in [4.69, 9.17) is 39.5 Å². The molecule has 0 radical (unpaired) electrons. The smallest absolute Gasteiger partial charge is 0.240 e. The summed E-state index contributed by atoms with van der Waals surface area (Å²) in [6.07, 6.45) is 0. The van der Waals surface area contributed by atoms with Crippen LogP contribution in [-0.4, -0.2) is 64.6 Å². The van der Waals surface area contributed by atoms with Crippen LogP contribution >= 0.6 is 34.8 Å². The van der Waals surface area contributed by atoms with Gasteiger partial charge in [0.1, 0.15) is 12.4 Å². The molecule has 4 rings (SSSR count). The molecule has 0 atom stereocenters. The highest BCUT2D eigenvalue weighted by molar-refractivity contribution is 7.89. The van der Waals surface area contributed by atoms with Crippen molar-refractivity contribution < 1.29 is 13.2 Å². The molecule has 0 spiro atoms. The summed E-state index contributed by atoms with van der Waals surface area (Å²) in [4.78, 5) is 4.87. The van der Waals surface area contributed by atoms with Crippen molar-refractivity contribution in [2.45, 2.75) is 11.4 Å². The van der Waals surface area contributed by atoms with Gasteiger partial charge in [-0.2, -0.15) is 0 Å². The number of nitrogens with one attached hydrogen (secondary N) is 1. The molecule has 1 aliphatic heterocycles. The van der Waals surface area contributed by atoms with E-state index in [-0.39, 0.29) is 18.0 Å². The van der Waals surface area contributed by atoms with Crippen LogP contribution in [0.5, 0.6) is 5.75 Å². The normalized spacial score (nSPS) is 15.2. The van der Waals surface area contributed by atoms with E-state index in [2.05, 4.69) is 27.6 Å².